The van der Waals surface area contributed by atoms with E-state index in [4.69, 9.17) is 4.74 Å². The van der Waals surface area contributed by atoms with E-state index in [-0.39, 0.29) is 41.8 Å². The van der Waals surface area contributed by atoms with Crippen LogP contribution in [0.25, 0.3) is 0 Å². The second-order valence-electron chi connectivity index (χ2n) is 12.7. The summed E-state index contributed by atoms with van der Waals surface area (Å²) in [7, 11) is 0. The first-order valence-corrected chi connectivity index (χ1v) is 14.2. The number of ketones is 2. The molecule has 0 spiro atoms. The monoisotopic (exact) mass is 562 g/mol. The zero-order chi connectivity index (χ0) is 29.6. The molecule has 0 aliphatic heterocycles. The predicted molar refractivity (Wildman–Crippen MR) is 137 cm³/mol. The summed E-state index contributed by atoms with van der Waals surface area (Å²) in [5, 5.41) is 45.7. The summed E-state index contributed by atoms with van der Waals surface area (Å²) in [5.74, 6) is -3.88. The third-order valence-corrected chi connectivity index (χ3v) is 10.5. The number of carbonyl (C=O) groups excluding carboxylic acids is 5. The predicted octanol–water partition coefficient (Wildman–Crippen LogP) is -0.272. The number of ether oxygens (including phenoxy) is 1. The van der Waals surface area contributed by atoms with Crippen molar-refractivity contribution in [3.63, 3.8) is 0 Å². The Morgan fingerprint density at radius 3 is 2.50 bits per heavy atom. The summed E-state index contributed by atoms with van der Waals surface area (Å²) in [6.45, 7) is 4.45. The second kappa shape index (κ2) is 11.0. The normalized spacial score (nSPS) is 38.1. The highest BCUT2D eigenvalue weighted by Gasteiger charge is 2.68. The molecule has 0 heterocycles. The van der Waals surface area contributed by atoms with Crippen molar-refractivity contribution < 1.29 is 49.1 Å². The van der Waals surface area contributed by atoms with Crippen LogP contribution in [0.5, 0.6) is 0 Å². The molecule has 4 rings (SSSR count). The van der Waals surface area contributed by atoms with E-state index in [1.165, 1.54) is 6.92 Å². The number of fused-ring (bicyclic) bond motifs is 5. The topological polar surface area (TPSA) is 190 Å². The molecule has 4 aliphatic carbocycles. The molecule has 0 bridgehead atoms. The van der Waals surface area contributed by atoms with Crippen LogP contribution in [-0.4, -0.2) is 75.2 Å². The van der Waals surface area contributed by atoms with Crippen molar-refractivity contribution in [3.8, 4) is 0 Å². The number of aliphatic hydroxyl groups is 3. The summed E-state index contributed by atoms with van der Waals surface area (Å²) < 4.78 is 5.08. The van der Waals surface area contributed by atoms with E-state index < -0.39 is 72.3 Å². The average molecular weight is 563 g/mol. The molecule has 11 nitrogen and oxygen atoms in total. The third-order valence-electron chi connectivity index (χ3n) is 10.5. The number of Topliss-reactive ketones (excluding diaryl/α,β-unsaturated/α-hetero) is 1. The van der Waals surface area contributed by atoms with Gasteiger partial charge in [0.05, 0.1) is 30.6 Å². The lowest BCUT2D eigenvalue weighted by Gasteiger charge is -2.60. The molecule has 4 N–H and O–H groups in total. The van der Waals surface area contributed by atoms with Gasteiger partial charge in [-0.3, -0.25) is 19.2 Å². The Hall–Kier alpha value is -2.63. The highest BCUT2D eigenvalue weighted by atomic mass is 16.5. The number of carboxylic acid groups (broad SMARTS) is 1. The Labute approximate surface area is 233 Å². The van der Waals surface area contributed by atoms with Crippen molar-refractivity contribution >= 4 is 29.4 Å². The summed E-state index contributed by atoms with van der Waals surface area (Å²) in [5.41, 5.74) is -1.90. The van der Waals surface area contributed by atoms with Crippen LogP contribution in [0.3, 0.4) is 0 Å². The number of allylic oxidation sites excluding steroid dienone is 1. The summed E-state index contributed by atoms with van der Waals surface area (Å²) in [4.78, 5) is 60.6. The molecule has 11 heteroatoms. The fourth-order valence-corrected chi connectivity index (χ4v) is 8.33. The lowest BCUT2D eigenvalue weighted by molar-refractivity contribution is -0.310. The van der Waals surface area contributed by atoms with Crippen LogP contribution in [0.4, 0.5) is 0 Å². The highest BCUT2D eigenvalue weighted by Crippen LogP contribution is 2.67. The van der Waals surface area contributed by atoms with Gasteiger partial charge in [-0.05, 0) is 74.7 Å². The largest absolute Gasteiger partial charge is 0.548 e. The van der Waals surface area contributed by atoms with Crippen molar-refractivity contribution in [1.82, 2.24) is 5.32 Å². The van der Waals surface area contributed by atoms with Gasteiger partial charge in [-0.15, -0.1) is 0 Å². The van der Waals surface area contributed by atoms with Gasteiger partial charge < -0.3 is 35.3 Å². The molecular formula is C29H40NO10-. The Bertz CT molecular complexity index is 1120. The molecule has 0 unspecified atom stereocenters. The number of esters is 1. The zero-order valence-corrected chi connectivity index (χ0v) is 23.3. The first-order valence-electron chi connectivity index (χ1n) is 14.2. The van der Waals surface area contributed by atoms with Gasteiger partial charge >= 0.3 is 5.97 Å². The lowest BCUT2D eigenvalue weighted by atomic mass is 9.45. The van der Waals surface area contributed by atoms with Gasteiger partial charge in [-0.2, -0.15) is 0 Å². The maximum absolute atomic E-state index is 13.3. The smallest absolute Gasteiger partial charge is 0.306 e. The van der Waals surface area contributed by atoms with E-state index >= 15 is 0 Å². The Balaban J connectivity index is 1.38. The lowest BCUT2D eigenvalue weighted by Crippen LogP contribution is -2.62. The van der Waals surface area contributed by atoms with Crippen molar-refractivity contribution in [2.45, 2.75) is 102 Å². The van der Waals surface area contributed by atoms with Crippen LogP contribution >= 0.6 is 0 Å². The van der Waals surface area contributed by atoms with Gasteiger partial charge in [0.2, 0.25) is 11.7 Å². The summed E-state index contributed by atoms with van der Waals surface area (Å²) in [6.07, 6.45) is 2.38. The van der Waals surface area contributed by atoms with Gasteiger partial charge in [0.25, 0.3) is 0 Å². The van der Waals surface area contributed by atoms with Crippen LogP contribution in [0.1, 0.15) is 78.6 Å². The molecule has 9 atom stereocenters. The minimum atomic E-state index is -1.79. The molecule has 3 fully saturated rings. The van der Waals surface area contributed by atoms with Crippen LogP contribution in [0.15, 0.2) is 11.6 Å². The van der Waals surface area contributed by atoms with E-state index in [9.17, 15) is 44.4 Å². The van der Waals surface area contributed by atoms with Crippen molar-refractivity contribution in [2.75, 3.05) is 6.61 Å². The van der Waals surface area contributed by atoms with Crippen LogP contribution in [0.2, 0.25) is 0 Å². The Morgan fingerprint density at radius 1 is 1.15 bits per heavy atom. The number of hydrogen-bond donors (Lipinski definition) is 4. The van der Waals surface area contributed by atoms with E-state index in [1.807, 2.05) is 6.92 Å². The number of rotatable bonds is 9. The molecule has 0 radical (unpaired) electrons. The minimum absolute atomic E-state index is 0.0177. The first-order chi connectivity index (χ1) is 18.6. The fraction of sp³-hybridized carbons (Fsp3) is 0.759. The van der Waals surface area contributed by atoms with Crippen molar-refractivity contribution in [3.05, 3.63) is 11.6 Å². The second-order valence-corrected chi connectivity index (χ2v) is 12.7. The quantitative estimate of drug-likeness (QED) is 0.272. The van der Waals surface area contributed by atoms with Crippen molar-refractivity contribution in [2.24, 2.45) is 28.6 Å². The van der Waals surface area contributed by atoms with E-state index in [0.717, 1.165) is 18.4 Å². The molecule has 40 heavy (non-hydrogen) atoms. The average Bonchev–Trinajstić information content (AvgIpc) is 3.15. The zero-order valence-electron chi connectivity index (χ0n) is 23.3. The standard InChI is InChI=1S/C29H41NO10/c1-15(31)25(26(37)38)30-22(35)6-7-23(36)40-14-21(34)29(39)11-9-19-18-5-4-16-12-17(32)8-10-27(16,2)24(18)20(33)13-28(19,29)3/h12,15,18-20,24-25,31,33,39H,4-11,13-14H2,1-3H3,(H,30,35)(H,37,38)/p-1/t15-,18+,19+,20-,24-,25-,27+,28+,29-/m1/s1. The molecule has 0 aromatic carbocycles. The number of amides is 1. The maximum Gasteiger partial charge on any atom is 0.306 e. The highest BCUT2D eigenvalue weighted by molar-refractivity contribution is 5.92. The molecule has 1 amide bonds. The van der Waals surface area contributed by atoms with Crippen LogP contribution < -0.4 is 10.4 Å². The Kier molecular flexibility index (Phi) is 8.33. The number of nitrogens with one attached hydrogen (secondary N) is 1. The number of hydrogen-bond acceptors (Lipinski definition) is 10. The van der Waals surface area contributed by atoms with E-state index in [1.54, 1.807) is 6.08 Å². The van der Waals surface area contributed by atoms with E-state index in [2.05, 4.69) is 12.2 Å². The summed E-state index contributed by atoms with van der Waals surface area (Å²) >= 11 is 0. The molecule has 222 valence electrons. The molecule has 4 aliphatic rings. The number of aliphatic carboxylic acids is 1. The van der Waals surface area contributed by atoms with Gasteiger partial charge in [-0.1, -0.05) is 19.4 Å². The molecule has 3 saturated carbocycles. The van der Waals surface area contributed by atoms with Crippen LogP contribution in [0, 0.1) is 28.6 Å². The van der Waals surface area contributed by atoms with Gasteiger partial charge in [0.1, 0.15) is 5.60 Å². The van der Waals surface area contributed by atoms with Gasteiger partial charge in [0.15, 0.2) is 12.4 Å². The minimum Gasteiger partial charge on any atom is -0.548 e. The Morgan fingerprint density at radius 2 is 1.85 bits per heavy atom. The van der Waals surface area contributed by atoms with Gasteiger partial charge in [-0.25, -0.2) is 0 Å². The van der Waals surface area contributed by atoms with Gasteiger partial charge in [0, 0.05) is 18.3 Å². The third kappa shape index (κ3) is 5.12. The van der Waals surface area contributed by atoms with Crippen LogP contribution in [-0.2, 0) is 28.7 Å². The molecule has 0 aromatic rings. The fourth-order valence-electron chi connectivity index (χ4n) is 8.33. The molecule has 0 aromatic heterocycles. The number of carboxylic acids is 1. The molecule has 0 saturated heterocycles. The first kappa shape index (κ1) is 30.3. The maximum atomic E-state index is 13.3. The SMILES string of the molecule is C[C@@H](O)[C@@H](NC(=O)CCC(=O)OCC(=O)[C@]1(O)CC[C@H]2[C@@H]3CCC4=CC(=O)CC[C@]4(C)[C@H]3[C@H](O)C[C@@]21C)C(=O)[O-]. The molecular weight excluding hydrogens is 522 g/mol. The number of aliphatic hydroxyl groups excluding tert-OH is 2. The number of carbonyl (C=O) groups is 5. The summed E-state index contributed by atoms with van der Waals surface area (Å²) in [6, 6.07) is -1.63. The van der Waals surface area contributed by atoms with E-state index in [0.29, 0.717) is 19.3 Å². The van der Waals surface area contributed by atoms with Crippen molar-refractivity contribution in [1.29, 1.82) is 0 Å².